The summed E-state index contributed by atoms with van der Waals surface area (Å²) in [5, 5.41) is 0. The molecule has 0 heterocycles. The number of nitrogens with zero attached hydrogens (tertiary/aromatic N) is 1. The standard InChI is InChI=1S/C11H16N/c1-4-12(3)9-11-7-5-10(2)6-8-11/h5-8H,3-4,9H2,1-2H3. The number of benzene rings is 1. The van der Waals surface area contributed by atoms with E-state index in [0.717, 1.165) is 13.1 Å². The highest BCUT2D eigenvalue weighted by Gasteiger charge is 1.96. The van der Waals surface area contributed by atoms with Crippen molar-refractivity contribution in [3.05, 3.63) is 42.4 Å². The molecule has 0 bridgehead atoms. The van der Waals surface area contributed by atoms with Crippen LogP contribution in [0.1, 0.15) is 18.1 Å². The fourth-order valence-corrected chi connectivity index (χ4v) is 1.06. The molecule has 1 rings (SSSR count). The Morgan fingerprint density at radius 1 is 1.25 bits per heavy atom. The molecule has 0 amide bonds. The highest BCUT2D eigenvalue weighted by atomic mass is 15.1. The fourth-order valence-electron chi connectivity index (χ4n) is 1.06. The van der Waals surface area contributed by atoms with Crippen LogP contribution in [-0.2, 0) is 6.54 Å². The summed E-state index contributed by atoms with van der Waals surface area (Å²) in [5.41, 5.74) is 2.64. The zero-order chi connectivity index (χ0) is 8.97. The van der Waals surface area contributed by atoms with Gasteiger partial charge in [-0.05, 0) is 19.0 Å². The quantitative estimate of drug-likeness (QED) is 0.660. The monoisotopic (exact) mass is 162 g/mol. The first-order valence-electron chi connectivity index (χ1n) is 4.33. The van der Waals surface area contributed by atoms with Crippen LogP contribution in [0.4, 0.5) is 0 Å². The summed E-state index contributed by atoms with van der Waals surface area (Å²) >= 11 is 0. The zero-order valence-corrected chi connectivity index (χ0v) is 7.88. The van der Waals surface area contributed by atoms with E-state index < -0.39 is 0 Å². The van der Waals surface area contributed by atoms with E-state index in [0.29, 0.717) is 0 Å². The van der Waals surface area contributed by atoms with Crippen LogP contribution in [0.15, 0.2) is 24.3 Å². The second-order valence-electron chi connectivity index (χ2n) is 3.13. The van der Waals surface area contributed by atoms with E-state index >= 15 is 0 Å². The van der Waals surface area contributed by atoms with Gasteiger partial charge in [0.15, 0.2) is 0 Å². The minimum atomic E-state index is 0.941. The molecule has 1 nitrogen and oxygen atoms in total. The Morgan fingerprint density at radius 3 is 2.33 bits per heavy atom. The zero-order valence-electron chi connectivity index (χ0n) is 7.88. The Bertz CT molecular complexity index is 225. The van der Waals surface area contributed by atoms with Gasteiger partial charge >= 0.3 is 0 Å². The van der Waals surface area contributed by atoms with Gasteiger partial charge in [0.25, 0.3) is 0 Å². The van der Waals surface area contributed by atoms with Crippen molar-refractivity contribution in [2.24, 2.45) is 0 Å². The number of rotatable bonds is 3. The SMILES string of the molecule is [CH2]N(CC)Cc1ccc(C)cc1. The molecule has 12 heavy (non-hydrogen) atoms. The summed E-state index contributed by atoms with van der Waals surface area (Å²) in [6.45, 7) is 6.15. The Morgan fingerprint density at radius 2 is 1.83 bits per heavy atom. The van der Waals surface area contributed by atoms with E-state index in [-0.39, 0.29) is 0 Å². The largest absolute Gasteiger partial charge is 0.298 e. The Kier molecular flexibility index (Phi) is 3.30. The molecule has 0 unspecified atom stereocenters. The van der Waals surface area contributed by atoms with Crippen molar-refractivity contribution in [3.63, 3.8) is 0 Å². The Hall–Kier alpha value is -0.820. The smallest absolute Gasteiger partial charge is 0.0234 e. The van der Waals surface area contributed by atoms with Crippen molar-refractivity contribution in [3.8, 4) is 0 Å². The molecule has 1 aromatic rings. The molecule has 1 aromatic carbocycles. The molecule has 1 radical (unpaired) electrons. The summed E-state index contributed by atoms with van der Waals surface area (Å²) in [4.78, 5) is 2.05. The number of hydrogen-bond donors (Lipinski definition) is 0. The van der Waals surface area contributed by atoms with E-state index in [1.165, 1.54) is 11.1 Å². The first kappa shape index (κ1) is 9.27. The highest BCUT2D eigenvalue weighted by Crippen LogP contribution is 2.05. The number of hydrogen-bond acceptors (Lipinski definition) is 1. The minimum absolute atomic E-state index is 0.941. The van der Waals surface area contributed by atoms with Crippen molar-refractivity contribution >= 4 is 0 Å². The van der Waals surface area contributed by atoms with Crippen molar-refractivity contribution < 1.29 is 0 Å². The average molecular weight is 162 g/mol. The lowest BCUT2D eigenvalue weighted by Gasteiger charge is -2.13. The molecule has 0 aliphatic rings. The van der Waals surface area contributed by atoms with Gasteiger partial charge in [0.05, 0.1) is 0 Å². The molecule has 0 saturated carbocycles. The van der Waals surface area contributed by atoms with Gasteiger partial charge < -0.3 is 0 Å². The van der Waals surface area contributed by atoms with Gasteiger partial charge in [-0.25, -0.2) is 0 Å². The molecule has 0 aromatic heterocycles. The van der Waals surface area contributed by atoms with Crippen molar-refractivity contribution in [1.82, 2.24) is 4.90 Å². The molecular weight excluding hydrogens is 146 g/mol. The van der Waals surface area contributed by atoms with Gasteiger partial charge in [-0.3, -0.25) is 4.90 Å². The van der Waals surface area contributed by atoms with Gasteiger partial charge in [-0.2, -0.15) is 0 Å². The van der Waals surface area contributed by atoms with Crippen LogP contribution in [0.2, 0.25) is 0 Å². The third-order valence-electron chi connectivity index (χ3n) is 1.97. The molecule has 0 fully saturated rings. The predicted molar refractivity (Wildman–Crippen MR) is 52.6 cm³/mol. The predicted octanol–water partition coefficient (Wildman–Crippen LogP) is 2.61. The summed E-state index contributed by atoms with van der Waals surface area (Å²) in [6, 6.07) is 8.59. The Balaban J connectivity index is 2.58. The lowest BCUT2D eigenvalue weighted by Crippen LogP contribution is -2.13. The maximum Gasteiger partial charge on any atom is 0.0234 e. The maximum absolute atomic E-state index is 3.91. The molecule has 0 spiro atoms. The number of aryl methyl sites for hydroxylation is 1. The van der Waals surface area contributed by atoms with E-state index in [1.54, 1.807) is 0 Å². The Labute approximate surface area is 75.0 Å². The molecule has 0 saturated heterocycles. The van der Waals surface area contributed by atoms with Gasteiger partial charge in [0, 0.05) is 13.6 Å². The van der Waals surface area contributed by atoms with Gasteiger partial charge in [-0.15, -0.1) is 0 Å². The van der Waals surface area contributed by atoms with Crippen molar-refractivity contribution in [2.75, 3.05) is 6.54 Å². The van der Waals surface area contributed by atoms with Crippen LogP contribution < -0.4 is 0 Å². The molecular formula is C11H16N. The molecule has 1 heteroatoms. The molecule has 65 valence electrons. The molecule has 0 aliphatic heterocycles. The van der Waals surface area contributed by atoms with Crippen LogP contribution in [0.5, 0.6) is 0 Å². The molecule has 0 N–H and O–H groups in total. The summed E-state index contributed by atoms with van der Waals surface area (Å²) in [5.74, 6) is 0. The third kappa shape index (κ3) is 2.67. The lowest BCUT2D eigenvalue weighted by atomic mass is 10.1. The maximum atomic E-state index is 3.91. The third-order valence-corrected chi connectivity index (χ3v) is 1.97. The van der Waals surface area contributed by atoms with E-state index in [4.69, 9.17) is 0 Å². The summed E-state index contributed by atoms with van der Waals surface area (Å²) < 4.78 is 0. The molecule has 0 atom stereocenters. The fraction of sp³-hybridized carbons (Fsp3) is 0.364. The normalized spacial score (nSPS) is 10.7. The van der Waals surface area contributed by atoms with Crippen LogP contribution in [0.25, 0.3) is 0 Å². The van der Waals surface area contributed by atoms with Crippen LogP contribution in [0, 0.1) is 14.0 Å². The van der Waals surface area contributed by atoms with Gasteiger partial charge in [0.1, 0.15) is 0 Å². The van der Waals surface area contributed by atoms with E-state index in [1.807, 2.05) is 4.90 Å². The van der Waals surface area contributed by atoms with Crippen LogP contribution in [-0.4, -0.2) is 11.4 Å². The summed E-state index contributed by atoms with van der Waals surface area (Å²) in [7, 11) is 3.91. The average Bonchev–Trinajstić information content (AvgIpc) is 2.09. The van der Waals surface area contributed by atoms with Crippen molar-refractivity contribution in [2.45, 2.75) is 20.4 Å². The summed E-state index contributed by atoms with van der Waals surface area (Å²) in [6.07, 6.45) is 0. The minimum Gasteiger partial charge on any atom is -0.298 e. The van der Waals surface area contributed by atoms with Crippen LogP contribution >= 0.6 is 0 Å². The van der Waals surface area contributed by atoms with Crippen molar-refractivity contribution in [1.29, 1.82) is 0 Å². The van der Waals surface area contributed by atoms with E-state index in [2.05, 4.69) is 45.2 Å². The topological polar surface area (TPSA) is 3.24 Å². The second kappa shape index (κ2) is 4.27. The van der Waals surface area contributed by atoms with Gasteiger partial charge in [0.2, 0.25) is 0 Å². The second-order valence-corrected chi connectivity index (χ2v) is 3.13. The lowest BCUT2D eigenvalue weighted by molar-refractivity contribution is 0.384. The first-order valence-corrected chi connectivity index (χ1v) is 4.33. The first-order chi connectivity index (χ1) is 5.72. The van der Waals surface area contributed by atoms with E-state index in [9.17, 15) is 0 Å². The highest BCUT2D eigenvalue weighted by molar-refractivity contribution is 5.21. The van der Waals surface area contributed by atoms with Crippen LogP contribution in [0.3, 0.4) is 0 Å². The van der Waals surface area contributed by atoms with Gasteiger partial charge in [-0.1, -0.05) is 36.8 Å². The molecule has 0 aliphatic carbocycles.